The quantitative estimate of drug-likeness (QED) is 0.762. The van der Waals surface area contributed by atoms with Crippen molar-refractivity contribution in [1.29, 1.82) is 0 Å². The summed E-state index contributed by atoms with van der Waals surface area (Å²) >= 11 is 0. The van der Waals surface area contributed by atoms with Gasteiger partial charge in [0.2, 0.25) is 0 Å². The molecule has 0 saturated heterocycles. The van der Waals surface area contributed by atoms with Gasteiger partial charge in [0, 0.05) is 6.04 Å². The molecule has 2 N–H and O–H groups in total. The second-order valence-corrected chi connectivity index (χ2v) is 4.82. The van der Waals surface area contributed by atoms with Crippen LogP contribution in [0.4, 0.5) is 0 Å². The molecule has 104 valence electrons. The summed E-state index contributed by atoms with van der Waals surface area (Å²) in [5, 5.41) is 0. The number of nitrogens with two attached hydrogens (primary N) is 1. The molecule has 20 heavy (non-hydrogen) atoms. The van der Waals surface area contributed by atoms with Crippen molar-refractivity contribution < 1.29 is 4.74 Å². The Morgan fingerprint density at radius 2 is 1.75 bits per heavy atom. The van der Waals surface area contributed by atoms with Gasteiger partial charge in [0.1, 0.15) is 12.4 Å². The Morgan fingerprint density at radius 1 is 1.05 bits per heavy atom. The van der Waals surface area contributed by atoms with E-state index in [1.807, 2.05) is 48.5 Å². The monoisotopic (exact) mass is 267 g/mol. The van der Waals surface area contributed by atoms with Crippen LogP contribution in [-0.2, 0) is 6.61 Å². The van der Waals surface area contributed by atoms with E-state index < -0.39 is 0 Å². The fourth-order valence-electron chi connectivity index (χ4n) is 2.02. The summed E-state index contributed by atoms with van der Waals surface area (Å²) in [4.78, 5) is 0. The van der Waals surface area contributed by atoms with Crippen molar-refractivity contribution in [2.24, 2.45) is 5.73 Å². The first kappa shape index (κ1) is 14.4. The lowest BCUT2D eigenvalue weighted by atomic mass is 10.0. The average Bonchev–Trinajstić information content (AvgIpc) is 2.52. The predicted molar refractivity (Wildman–Crippen MR) is 83.6 cm³/mol. The van der Waals surface area contributed by atoms with Gasteiger partial charge in [-0.15, -0.1) is 6.58 Å². The highest BCUT2D eigenvalue weighted by molar-refractivity contribution is 5.29. The van der Waals surface area contributed by atoms with Gasteiger partial charge in [0.15, 0.2) is 0 Å². The summed E-state index contributed by atoms with van der Waals surface area (Å²) in [6, 6.07) is 18.2. The summed E-state index contributed by atoms with van der Waals surface area (Å²) in [7, 11) is 0. The summed E-state index contributed by atoms with van der Waals surface area (Å²) in [5.41, 5.74) is 8.41. The van der Waals surface area contributed by atoms with Crippen molar-refractivity contribution in [3.05, 3.63) is 78.4 Å². The molecule has 0 amide bonds. The maximum Gasteiger partial charge on any atom is 0.119 e. The number of hydrogen-bond donors (Lipinski definition) is 1. The van der Waals surface area contributed by atoms with E-state index in [4.69, 9.17) is 10.5 Å². The largest absolute Gasteiger partial charge is 0.489 e. The molecule has 0 aromatic heterocycles. The van der Waals surface area contributed by atoms with Crippen molar-refractivity contribution in [2.75, 3.05) is 0 Å². The van der Waals surface area contributed by atoms with E-state index in [2.05, 4.69) is 18.7 Å². The Hall–Kier alpha value is -2.06. The molecule has 0 heterocycles. The summed E-state index contributed by atoms with van der Waals surface area (Å²) in [6.45, 7) is 4.30. The molecular weight excluding hydrogens is 246 g/mol. The Balaban J connectivity index is 1.89. The lowest BCUT2D eigenvalue weighted by molar-refractivity contribution is 0.306. The smallest absolute Gasteiger partial charge is 0.119 e. The van der Waals surface area contributed by atoms with E-state index in [1.165, 1.54) is 5.56 Å². The maximum absolute atomic E-state index is 6.11. The van der Waals surface area contributed by atoms with Crippen LogP contribution in [-0.4, -0.2) is 0 Å². The molecule has 2 heteroatoms. The standard InChI is InChI=1S/C18H21NO/c1-2-3-9-18(19)16-10-12-17(13-11-16)20-14-15-7-5-4-6-8-15/h2,4-8,10-13,18H,1,3,9,14,19H2/t18-/m0/s1. The number of benzene rings is 2. The van der Waals surface area contributed by atoms with E-state index in [9.17, 15) is 0 Å². The highest BCUT2D eigenvalue weighted by Gasteiger charge is 2.05. The summed E-state index contributed by atoms with van der Waals surface area (Å²) < 4.78 is 5.75. The van der Waals surface area contributed by atoms with Crippen LogP contribution < -0.4 is 10.5 Å². The minimum atomic E-state index is 0.0659. The topological polar surface area (TPSA) is 35.2 Å². The lowest BCUT2D eigenvalue weighted by Gasteiger charge is -2.12. The maximum atomic E-state index is 6.11. The van der Waals surface area contributed by atoms with Gasteiger partial charge in [0.25, 0.3) is 0 Å². The number of ether oxygens (including phenoxy) is 1. The molecule has 0 radical (unpaired) electrons. The second-order valence-electron chi connectivity index (χ2n) is 4.82. The minimum absolute atomic E-state index is 0.0659. The van der Waals surface area contributed by atoms with Gasteiger partial charge < -0.3 is 10.5 Å². The first-order valence-corrected chi connectivity index (χ1v) is 6.93. The zero-order valence-corrected chi connectivity index (χ0v) is 11.7. The molecule has 0 fully saturated rings. The molecule has 0 spiro atoms. The number of rotatable bonds is 7. The normalized spacial score (nSPS) is 11.8. The van der Waals surface area contributed by atoms with Crippen LogP contribution in [0, 0.1) is 0 Å². The molecule has 0 unspecified atom stereocenters. The molecule has 2 rings (SSSR count). The highest BCUT2D eigenvalue weighted by atomic mass is 16.5. The van der Waals surface area contributed by atoms with Crippen molar-refractivity contribution >= 4 is 0 Å². The van der Waals surface area contributed by atoms with Crippen molar-refractivity contribution in [2.45, 2.75) is 25.5 Å². The fraction of sp³-hybridized carbons (Fsp3) is 0.222. The molecule has 0 saturated carbocycles. The average molecular weight is 267 g/mol. The van der Waals surface area contributed by atoms with E-state index in [0.29, 0.717) is 6.61 Å². The summed E-state index contributed by atoms with van der Waals surface area (Å²) in [6.07, 6.45) is 3.76. The lowest BCUT2D eigenvalue weighted by Crippen LogP contribution is -2.09. The van der Waals surface area contributed by atoms with Crippen molar-refractivity contribution in [3.8, 4) is 5.75 Å². The molecule has 2 aromatic rings. The van der Waals surface area contributed by atoms with Crippen LogP contribution in [0.3, 0.4) is 0 Å². The molecule has 0 aliphatic heterocycles. The third-order valence-electron chi connectivity index (χ3n) is 3.24. The molecule has 2 nitrogen and oxygen atoms in total. The van der Waals surface area contributed by atoms with Crippen LogP contribution in [0.15, 0.2) is 67.3 Å². The van der Waals surface area contributed by atoms with Gasteiger partial charge in [-0.05, 0) is 36.1 Å². The molecular formula is C18H21NO. The van der Waals surface area contributed by atoms with E-state index >= 15 is 0 Å². The third kappa shape index (κ3) is 4.25. The van der Waals surface area contributed by atoms with Gasteiger partial charge >= 0.3 is 0 Å². The first-order valence-electron chi connectivity index (χ1n) is 6.93. The molecule has 0 aliphatic carbocycles. The van der Waals surface area contributed by atoms with Crippen molar-refractivity contribution in [1.82, 2.24) is 0 Å². The second kappa shape index (κ2) is 7.51. The Bertz CT molecular complexity index is 519. The highest BCUT2D eigenvalue weighted by Crippen LogP contribution is 2.20. The Morgan fingerprint density at radius 3 is 2.40 bits per heavy atom. The number of hydrogen-bond acceptors (Lipinski definition) is 2. The predicted octanol–water partition coefficient (Wildman–Crippen LogP) is 4.23. The number of allylic oxidation sites excluding steroid dienone is 1. The van der Waals surface area contributed by atoms with Crippen LogP contribution >= 0.6 is 0 Å². The van der Waals surface area contributed by atoms with E-state index in [-0.39, 0.29) is 6.04 Å². The van der Waals surface area contributed by atoms with Gasteiger partial charge in [-0.1, -0.05) is 48.5 Å². The van der Waals surface area contributed by atoms with Crippen molar-refractivity contribution in [3.63, 3.8) is 0 Å². The van der Waals surface area contributed by atoms with Crippen LogP contribution in [0.1, 0.15) is 30.0 Å². The minimum Gasteiger partial charge on any atom is -0.489 e. The zero-order valence-electron chi connectivity index (χ0n) is 11.7. The SMILES string of the molecule is C=CCC[C@H](N)c1ccc(OCc2ccccc2)cc1. The van der Waals surface area contributed by atoms with Gasteiger partial charge in [-0.2, -0.15) is 0 Å². The van der Waals surface area contributed by atoms with E-state index in [1.54, 1.807) is 0 Å². The first-order chi connectivity index (χ1) is 9.79. The Labute approximate surface area is 120 Å². The van der Waals surface area contributed by atoms with E-state index in [0.717, 1.165) is 24.2 Å². The Kier molecular flexibility index (Phi) is 5.39. The van der Waals surface area contributed by atoms with Gasteiger partial charge in [-0.3, -0.25) is 0 Å². The zero-order chi connectivity index (χ0) is 14.2. The summed E-state index contributed by atoms with van der Waals surface area (Å²) in [5.74, 6) is 0.869. The van der Waals surface area contributed by atoms with Crippen LogP contribution in [0.2, 0.25) is 0 Å². The van der Waals surface area contributed by atoms with Crippen LogP contribution in [0.25, 0.3) is 0 Å². The van der Waals surface area contributed by atoms with Gasteiger partial charge in [-0.25, -0.2) is 0 Å². The molecule has 0 aliphatic rings. The van der Waals surface area contributed by atoms with Crippen LogP contribution in [0.5, 0.6) is 5.75 Å². The third-order valence-corrected chi connectivity index (χ3v) is 3.24. The van der Waals surface area contributed by atoms with Gasteiger partial charge in [0.05, 0.1) is 0 Å². The molecule has 0 bridgehead atoms. The fourth-order valence-corrected chi connectivity index (χ4v) is 2.02. The molecule has 1 atom stereocenters. The molecule has 2 aromatic carbocycles.